The molecule has 0 spiro atoms. The van der Waals surface area contributed by atoms with E-state index in [9.17, 15) is 4.79 Å². The van der Waals surface area contributed by atoms with Crippen LogP contribution < -0.4 is 0 Å². The molecule has 1 fully saturated rings. The molecule has 1 aromatic rings. The van der Waals surface area contributed by atoms with E-state index in [2.05, 4.69) is 6.92 Å². The van der Waals surface area contributed by atoms with Crippen LogP contribution in [0.1, 0.15) is 15.9 Å². The van der Waals surface area contributed by atoms with Crippen LogP contribution in [0, 0.1) is 6.92 Å². The molecule has 1 amide bonds. The van der Waals surface area contributed by atoms with Gasteiger partial charge in [0.25, 0.3) is 5.91 Å². The number of carbonyl (C=O) groups excluding carboxylic acids is 1. The van der Waals surface area contributed by atoms with Gasteiger partial charge in [-0.1, -0.05) is 12.1 Å². The van der Waals surface area contributed by atoms with Crippen molar-refractivity contribution in [2.45, 2.75) is 6.42 Å². The summed E-state index contributed by atoms with van der Waals surface area (Å²) in [6, 6.07) is 7.66. The zero-order chi connectivity index (χ0) is 11.4. The average molecular weight is 218 g/mol. The number of ether oxygens (including phenoxy) is 1. The zero-order valence-corrected chi connectivity index (χ0v) is 9.32. The molecule has 0 atom stereocenters. The molecule has 0 unspecified atom stereocenters. The number of nitrogens with zero attached hydrogens (tertiary/aromatic N) is 1. The summed E-state index contributed by atoms with van der Waals surface area (Å²) in [5.74, 6) is 0.0962. The maximum absolute atomic E-state index is 12.1. The van der Waals surface area contributed by atoms with Crippen LogP contribution in [0.4, 0.5) is 0 Å². The molecule has 0 bridgehead atoms. The van der Waals surface area contributed by atoms with Gasteiger partial charge < -0.3 is 9.64 Å². The standard InChI is InChI=1S/C13H16NO2/c1-2-11-3-5-12(6-4-11)13(15)14-7-9-16-10-8-14/h3-6H,1-2,7-10H2. The molecule has 0 aromatic heterocycles. The van der Waals surface area contributed by atoms with Gasteiger partial charge in [0.1, 0.15) is 0 Å². The third-order valence-corrected chi connectivity index (χ3v) is 2.79. The number of rotatable bonds is 2. The van der Waals surface area contributed by atoms with Gasteiger partial charge in [-0.2, -0.15) is 0 Å². The number of amides is 1. The number of hydrogen-bond donors (Lipinski definition) is 0. The predicted octanol–water partition coefficient (Wildman–Crippen LogP) is 1.54. The van der Waals surface area contributed by atoms with Crippen LogP contribution in [-0.2, 0) is 11.2 Å². The summed E-state index contributed by atoms with van der Waals surface area (Å²) in [7, 11) is 0. The van der Waals surface area contributed by atoms with Crippen LogP contribution in [0.2, 0.25) is 0 Å². The molecule has 1 saturated heterocycles. The summed E-state index contributed by atoms with van der Waals surface area (Å²) >= 11 is 0. The van der Waals surface area contributed by atoms with Gasteiger partial charge in [-0.05, 0) is 31.0 Å². The minimum atomic E-state index is 0.0962. The highest BCUT2D eigenvalue weighted by Gasteiger charge is 2.17. The summed E-state index contributed by atoms with van der Waals surface area (Å²) in [5.41, 5.74) is 1.90. The van der Waals surface area contributed by atoms with E-state index in [-0.39, 0.29) is 5.91 Å². The van der Waals surface area contributed by atoms with Crippen molar-refractivity contribution in [1.29, 1.82) is 0 Å². The number of benzene rings is 1. The van der Waals surface area contributed by atoms with E-state index in [0.717, 1.165) is 17.5 Å². The van der Waals surface area contributed by atoms with Crippen LogP contribution in [0.15, 0.2) is 24.3 Å². The summed E-state index contributed by atoms with van der Waals surface area (Å²) in [4.78, 5) is 13.9. The quantitative estimate of drug-likeness (QED) is 0.753. The third-order valence-electron chi connectivity index (χ3n) is 2.79. The maximum Gasteiger partial charge on any atom is 0.254 e. The minimum Gasteiger partial charge on any atom is -0.378 e. The van der Waals surface area contributed by atoms with Crippen molar-refractivity contribution >= 4 is 5.91 Å². The summed E-state index contributed by atoms with van der Waals surface area (Å²) < 4.78 is 5.22. The molecule has 85 valence electrons. The molecule has 16 heavy (non-hydrogen) atoms. The van der Waals surface area contributed by atoms with Gasteiger partial charge in [-0.15, -0.1) is 0 Å². The topological polar surface area (TPSA) is 29.5 Å². The molecular weight excluding hydrogens is 202 g/mol. The Labute approximate surface area is 96.0 Å². The highest BCUT2D eigenvalue weighted by molar-refractivity contribution is 5.94. The highest BCUT2D eigenvalue weighted by atomic mass is 16.5. The first-order chi connectivity index (χ1) is 7.81. The minimum absolute atomic E-state index is 0.0962. The Bertz CT molecular complexity index is 353. The predicted molar refractivity (Wildman–Crippen MR) is 62.2 cm³/mol. The molecule has 3 nitrogen and oxygen atoms in total. The third kappa shape index (κ3) is 2.42. The fourth-order valence-corrected chi connectivity index (χ4v) is 1.76. The second-order valence-electron chi connectivity index (χ2n) is 3.85. The Hall–Kier alpha value is -1.35. The lowest BCUT2D eigenvalue weighted by Gasteiger charge is -2.26. The van der Waals surface area contributed by atoms with Crippen LogP contribution in [-0.4, -0.2) is 37.1 Å². The molecule has 1 radical (unpaired) electrons. The molecule has 1 aliphatic heterocycles. The van der Waals surface area contributed by atoms with E-state index >= 15 is 0 Å². The van der Waals surface area contributed by atoms with E-state index < -0.39 is 0 Å². The van der Waals surface area contributed by atoms with Gasteiger partial charge in [-0.25, -0.2) is 0 Å². The van der Waals surface area contributed by atoms with Crippen molar-refractivity contribution in [2.75, 3.05) is 26.3 Å². The van der Waals surface area contributed by atoms with Gasteiger partial charge in [0, 0.05) is 18.7 Å². The van der Waals surface area contributed by atoms with Gasteiger partial charge in [-0.3, -0.25) is 4.79 Å². The first kappa shape index (κ1) is 11.1. The number of morpholine rings is 1. The normalized spacial score (nSPS) is 16.2. The summed E-state index contributed by atoms with van der Waals surface area (Å²) in [6.07, 6.45) is 0.756. The molecule has 3 heteroatoms. The van der Waals surface area contributed by atoms with Crippen LogP contribution >= 0.6 is 0 Å². The van der Waals surface area contributed by atoms with E-state index in [4.69, 9.17) is 4.74 Å². The van der Waals surface area contributed by atoms with Crippen molar-refractivity contribution in [3.8, 4) is 0 Å². The molecule has 0 saturated carbocycles. The second kappa shape index (κ2) is 5.12. The molecule has 1 aromatic carbocycles. The SMILES string of the molecule is [CH2]Cc1ccc(C(=O)N2CCOCC2)cc1. The lowest BCUT2D eigenvalue weighted by molar-refractivity contribution is 0.0303. The van der Waals surface area contributed by atoms with Crippen molar-refractivity contribution in [1.82, 2.24) is 4.90 Å². The monoisotopic (exact) mass is 218 g/mol. The molecule has 0 N–H and O–H groups in total. The smallest absolute Gasteiger partial charge is 0.254 e. The van der Waals surface area contributed by atoms with Gasteiger partial charge >= 0.3 is 0 Å². The zero-order valence-electron chi connectivity index (χ0n) is 9.32. The molecular formula is C13H16NO2. The Morgan fingerprint density at radius 3 is 2.44 bits per heavy atom. The highest BCUT2D eigenvalue weighted by Crippen LogP contribution is 2.09. The number of hydrogen-bond acceptors (Lipinski definition) is 2. The fraction of sp³-hybridized carbons (Fsp3) is 0.385. The lowest BCUT2D eigenvalue weighted by atomic mass is 10.1. The molecule has 2 rings (SSSR count). The largest absolute Gasteiger partial charge is 0.378 e. The van der Waals surface area contributed by atoms with Crippen molar-refractivity contribution in [3.63, 3.8) is 0 Å². The Kier molecular flexibility index (Phi) is 3.57. The van der Waals surface area contributed by atoms with Crippen molar-refractivity contribution < 1.29 is 9.53 Å². The Morgan fingerprint density at radius 1 is 1.25 bits per heavy atom. The van der Waals surface area contributed by atoms with Gasteiger partial charge in [0.15, 0.2) is 0 Å². The molecule has 1 aliphatic rings. The first-order valence-corrected chi connectivity index (χ1v) is 5.56. The first-order valence-electron chi connectivity index (χ1n) is 5.56. The Morgan fingerprint density at radius 2 is 1.88 bits per heavy atom. The number of carbonyl (C=O) groups is 1. The second-order valence-corrected chi connectivity index (χ2v) is 3.85. The maximum atomic E-state index is 12.1. The van der Waals surface area contributed by atoms with E-state index in [1.165, 1.54) is 0 Å². The van der Waals surface area contributed by atoms with Crippen LogP contribution in [0.3, 0.4) is 0 Å². The molecule has 1 heterocycles. The summed E-state index contributed by atoms with van der Waals surface area (Å²) in [5, 5.41) is 0. The van der Waals surface area contributed by atoms with Crippen LogP contribution in [0.25, 0.3) is 0 Å². The average Bonchev–Trinajstić information content (AvgIpc) is 2.39. The van der Waals surface area contributed by atoms with Crippen molar-refractivity contribution in [3.05, 3.63) is 42.3 Å². The van der Waals surface area contributed by atoms with Crippen molar-refractivity contribution in [2.24, 2.45) is 0 Å². The fourth-order valence-electron chi connectivity index (χ4n) is 1.76. The Balaban J connectivity index is 2.07. The van der Waals surface area contributed by atoms with E-state index in [1.54, 1.807) is 0 Å². The van der Waals surface area contributed by atoms with E-state index in [1.807, 2.05) is 29.2 Å². The van der Waals surface area contributed by atoms with Gasteiger partial charge in [0.2, 0.25) is 0 Å². The van der Waals surface area contributed by atoms with Gasteiger partial charge in [0.05, 0.1) is 13.2 Å². The van der Waals surface area contributed by atoms with E-state index in [0.29, 0.717) is 26.3 Å². The lowest BCUT2D eigenvalue weighted by Crippen LogP contribution is -2.40. The van der Waals surface area contributed by atoms with Crippen LogP contribution in [0.5, 0.6) is 0 Å². The molecule has 0 aliphatic carbocycles. The summed E-state index contributed by atoms with van der Waals surface area (Å²) in [6.45, 7) is 6.47.